The molecule has 1 N–H and O–H groups in total. The second-order valence-electron chi connectivity index (χ2n) is 9.88. The maximum atomic E-state index is 12.0. The van der Waals surface area contributed by atoms with Gasteiger partial charge in [-0.3, -0.25) is 24.0 Å². The topological polar surface area (TPSA) is 179 Å². The first-order valence-electron chi connectivity index (χ1n) is 13.4. The molecular formula is C28H36O14S. The van der Waals surface area contributed by atoms with Crippen molar-refractivity contribution in [1.82, 2.24) is 0 Å². The first-order chi connectivity index (χ1) is 20.3. The Morgan fingerprint density at radius 2 is 1.19 bits per heavy atom. The van der Waals surface area contributed by atoms with Crippen LogP contribution in [0, 0.1) is 0 Å². The summed E-state index contributed by atoms with van der Waals surface area (Å²) in [6.07, 6.45) is -11.3. The standard InChI is InChI=1S/C28H36O14S/c1-13-22(37-14(2)29)24(39-16(4)31)25(40-17(5)32)27(36-13)35-12-20-21(34)23(38-15(3)30)26(41-18(6)33)28(42-20)43-19-10-8-7-9-11-19/h7-11,13,20-28,34H,12H2,1-6H3/t13-,20-,21-,22+,23+,24+,25-,26-,27-,28+/m1/s1. The number of rotatable bonds is 10. The quantitative estimate of drug-likeness (QED) is 0.289. The van der Waals surface area contributed by atoms with Crippen molar-refractivity contribution >= 4 is 41.6 Å². The molecule has 2 saturated heterocycles. The Kier molecular flexibility index (Phi) is 12.3. The summed E-state index contributed by atoms with van der Waals surface area (Å²) < 4.78 is 44.8. The highest BCUT2D eigenvalue weighted by atomic mass is 32.2. The Morgan fingerprint density at radius 3 is 1.74 bits per heavy atom. The van der Waals surface area contributed by atoms with Crippen LogP contribution in [0.2, 0.25) is 0 Å². The molecule has 0 radical (unpaired) electrons. The minimum Gasteiger partial charge on any atom is -0.456 e. The first kappa shape index (κ1) is 34.3. The van der Waals surface area contributed by atoms with E-state index >= 15 is 0 Å². The molecular weight excluding hydrogens is 592 g/mol. The fraction of sp³-hybridized carbons (Fsp3) is 0.607. The molecule has 2 aliphatic rings. The van der Waals surface area contributed by atoms with Crippen LogP contribution in [0.15, 0.2) is 35.2 Å². The van der Waals surface area contributed by atoms with Crippen molar-refractivity contribution in [2.24, 2.45) is 0 Å². The summed E-state index contributed by atoms with van der Waals surface area (Å²) in [4.78, 5) is 60.4. The van der Waals surface area contributed by atoms with E-state index in [1.54, 1.807) is 31.2 Å². The first-order valence-corrected chi connectivity index (χ1v) is 14.3. The lowest BCUT2D eigenvalue weighted by atomic mass is 9.98. The lowest BCUT2D eigenvalue weighted by Crippen LogP contribution is -2.63. The number of hydrogen-bond donors (Lipinski definition) is 1. The largest absolute Gasteiger partial charge is 0.456 e. The molecule has 1 aromatic rings. The monoisotopic (exact) mass is 628 g/mol. The van der Waals surface area contributed by atoms with Gasteiger partial charge in [-0.15, -0.1) is 0 Å². The molecule has 0 amide bonds. The van der Waals surface area contributed by atoms with Gasteiger partial charge < -0.3 is 43.0 Å². The Hall–Kier alpha value is -3.24. The average Bonchev–Trinajstić information content (AvgIpc) is 2.90. The van der Waals surface area contributed by atoms with Gasteiger partial charge in [-0.2, -0.15) is 0 Å². The van der Waals surface area contributed by atoms with Crippen molar-refractivity contribution in [2.75, 3.05) is 6.61 Å². The summed E-state index contributed by atoms with van der Waals surface area (Å²) in [7, 11) is 0. The van der Waals surface area contributed by atoms with E-state index in [9.17, 15) is 29.1 Å². The summed E-state index contributed by atoms with van der Waals surface area (Å²) in [6.45, 7) is 6.88. The Bertz CT molecular complexity index is 1150. The zero-order valence-corrected chi connectivity index (χ0v) is 25.3. The van der Waals surface area contributed by atoms with Gasteiger partial charge in [0.25, 0.3) is 0 Å². The molecule has 2 aliphatic heterocycles. The van der Waals surface area contributed by atoms with Crippen molar-refractivity contribution < 1.29 is 67.0 Å². The van der Waals surface area contributed by atoms with E-state index in [1.165, 1.54) is 18.7 Å². The number of thioether (sulfide) groups is 1. The molecule has 2 heterocycles. The zero-order valence-electron chi connectivity index (χ0n) is 24.5. The summed E-state index contributed by atoms with van der Waals surface area (Å²) in [6, 6.07) is 9.00. The third kappa shape index (κ3) is 9.63. The van der Waals surface area contributed by atoms with Gasteiger partial charge in [-0.1, -0.05) is 30.0 Å². The fourth-order valence-electron chi connectivity index (χ4n) is 4.69. The summed E-state index contributed by atoms with van der Waals surface area (Å²) in [5.41, 5.74) is -0.953. The third-order valence-corrected chi connectivity index (χ3v) is 7.43. The molecule has 1 aromatic carbocycles. The predicted molar refractivity (Wildman–Crippen MR) is 145 cm³/mol. The molecule has 10 atom stereocenters. The van der Waals surface area contributed by atoms with E-state index < -0.39 is 97.0 Å². The zero-order chi connectivity index (χ0) is 31.8. The van der Waals surface area contributed by atoms with Crippen molar-refractivity contribution in [3.63, 3.8) is 0 Å². The SMILES string of the molecule is CC(=O)O[C@H]1[C@@H](OC(C)=O)[C@@H](C)O[C@@H](OC[C@H]2O[C@@H](Sc3ccccc3)[C@H](OC(C)=O)[C@@H](OC(C)=O)[C@@H]2O)[C@@H]1OC(C)=O. The van der Waals surface area contributed by atoms with Crippen LogP contribution in [0.5, 0.6) is 0 Å². The van der Waals surface area contributed by atoms with Gasteiger partial charge in [0.05, 0.1) is 12.7 Å². The van der Waals surface area contributed by atoms with Gasteiger partial charge in [-0.25, -0.2) is 0 Å². The Balaban J connectivity index is 1.89. The molecule has 0 unspecified atom stereocenters. The Labute approximate surface area is 252 Å². The molecule has 15 heteroatoms. The van der Waals surface area contributed by atoms with Crippen LogP contribution in [-0.4, -0.2) is 102 Å². The van der Waals surface area contributed by atoms with Gasteiger partial charge in [0.2, 0.25) is 0 Å². The maximum absolute atomic E-state index is 12.0. The molecule has 0 aromatic heterocycles. The van der Waals surface area contributed by atoms with E-state index in [2.05, 4.69) is 0 Å². The van der Waals surface area contributed by atoms with E-state index in [0.29, 0.717) is 0 Å². The van der Waals surface area contributed by atoms with Crippen LogP contribution >= 0.6 is 11.8 Å². The van der Waals surface area contributed by atoms with Crippen molar-refractivity contribution in [1.29, 1.82) is 0 Å². The molecule has 2 fully saturated rings. The number of esters is 5. The van der Waals surface area contributed by atoms with E-state index in [4.69, 9.17) is 37.9 Å². The second kappa shape index (κ2) is 15.5. The number of aliphatic hydroxyl groups excluding tert-OH is 1. The molecule has 238 valence electrons. The molecule has 3 rings (SSSR count). The molecule has 0 saturated carbocycles. The molecule has 0 spiro atoms. The van der Waals surface area contributed by atoms with Gasteiger partial charge >= 0.3 is 29.8 Å². The van der Waals surface area contributed by atoms with E-state index in [-0.39, 0.29) is 0 Å². The normalized spacial score (nSPS) is 32.2. The highest BCUT2D eigenvalue weighted by Crippen LogP contribution is 2.37. The number of carbonyl (C=O) groups excluding carboxylic acids is 5. The van der Waals surface area contributed by atoms with Gasteiger partial charge in [-0.05, 0) is 19.1 Å². The lowest BCUT2D eigenvalue weighted by Gasteiger charge is -2.45. The lowest BCUT2D eigenvalue weighted by molar-refractivity contribution is -0.311. The van der Waals surface area contributed by atoms with E-state index in [0.717, 1.165) is 32.6 Å². The second-order valence-corrected chi connectivity index (χ2v) is 11.0. The van der Waals surface area contributed by atoms with E-state index in [1.807, 2.05) is 6.07 Å². The minimum atomic E-state index is -1.54. The molecule has 14 nitrogen and oxygen atoms in total. The van der Waals surface area contributed by atoms with Crippen molar-refractivity contribution in [3.05, 3.63) is 30.3 Å². The predicted octanol–water partition coefficient (Wildman–Crippen LogP) is 1.28. The van der Waals surface area contributed by atoms with Crippen LogP contribution in [0.1, 0.15) is 41.5 Å². The van der Waals surface area contributed by atoms with Crippen molar-refractivity contribution in [2.45, 2.75) is 107 Å². The smallest absolute Gasteiger partial charge is 0.303 e. The number of carbonyl (C=O) groups is 5. The number of benzene rings is 1. The maximum Gasteiger partial charge on any atom is 0.303 e. The van der Waals surface area contributed by atoms with Crippen LogP contribution < -0.4 is 0 Å². The highest BCUT2D eigenvalue weighted by molar-refractivity contribution is 7.99. The van der Waals surface area contributed by atoms with Crippen LogP contribution in [0.4, 0.5) is 0 Å². The fourth-order valence-corrected chi connectivity index (χ4v) is 5.82. The number of ether oxygens (including phenoxy) is 8. The highest BCUT2D eigenvalue weighted by Gasteiger charge is 2.53. The third-order valence-electron chi connectivity index (χ3n) is 6.28. The van der Waals surface area contributed by atoms with Gasteiger partial charge in [0.1, 0.15) is 17.6 Å². The number of hydrogen-bond acceptors (Lipinski definition) is 15. The Morgan fingerprint density at radius 1 is 0.698 bits per heavy atom. The van der Waals surface area contributed by atoms with Gasteiger partial charge in [0, 0.05) is 39.5 Å². The molecule has 0 bridgehead atoms. The molecule has 0 aliphatic carbocycles. The van der Waals surface area contributed by atoms with Gasteiger partial charge in [0.15, 0.2) is 36.8 Å². The van der Waals surface area contributed by atoms with Crippen LogP contribution in [-0.2, 0) is 61.9 Å². The summed E-state index contributed by atoms with van der Waals surface area (Å²) >= 11 is 1.17. The van der Waals surface area contributed by atoms with Crippen LogP contribution in [0.25, 0.3) is 0 Å². The van der Waals surface area contributed by atoms with Crippen LogP contribution in [0.3, 0.4) is 0 Å². The summed E-state index contributed by atoms with van der Waals surface area (Å²) in [5.74, 6) is -3.59. The molecule has 43 heavy (non-hydrogen) atoms. The summed E-state index contributed by atoms with van der Waals surface area (Å²) in [5, 5.41) is 11.2. The average molecular weight is 629 g/mol. The number of aliphatic hydroxyl groups is 1. The van der Waals surface area contributed by atoms with Crippen molar-refractivity contribution in [3.8, 4) is 0 Å². The minimum absolute atomic E-state index is 0.405.